The Bertz CT molecular complexity index is 726. The van der Waals surface area contributed by atoms with Gasteiger partial charge in [-0.3, -0.25) is 4.99 Å². The number of ether oxygens (including phenoxy) is 1. The molecule has 24 heavy (non-hydrogen) atoms. The van der Waals surface area contributed by atoms with Gasteiger partial charge in [0.1, 0.15) is 5.75 Å². The lowest BCUT2D eigenvalue weighted by atomic mass is 10.0. The van der Waals surface area contributed by atoms with E-state index in [1.807, 2.05) is 25.2 Å². The third-order valence-electron chi connectivity index (χ3n) is 4.56. The number of nitrogens with zero attached hydrogens (tertiary/aromatic N) is 1. The number of hydrogen-bond donors (Lipinski definition) is 2. The molecule has 4 heteroatoms. The minimum atomic E-state index is 0.454. The molecule has 1 saturated carbocycles. The molecule has 1 aliphatic rings. The second kappa shape index (κ2) is 7.39. The third kappa shape index (κ3) is 3.70. The first-order valence-electron chi connectivity index (χ1n) is 8.37. The lowest BCUT2D eigenvalue weighted by molar-refractivity contribution is 0.409. The van der Waals surface area contributed by atoms with Gasteiger partial charge >= 0.3 is 0 Å². The molecule has 1 aliphatic carbocycles. The van der Waals surface area contributed by atoms with Crippen molar-refractivity contribution in [2.24, 2.45) is 4.99 Å². The Morgan fingerprint density at radius 3 is 2.67 bits per heavy atom. The van der Waals surface area contributed by atoms with Crippen molar-refractivity contribution < 1.29 is 4.74 Å². The number of hydrogen-bond acceptors (Lipinski definition) is 2. The van der Waals surface area contributed by atoms with Crippen LogP contribution in [0.4, 0.5) is 0 Å². The first-order chi connectivity index (χ1) is 11.7. The van der Waals surface area contributed by atoms with Gasteiger partial charge in [0.2, 0.25) is 0 Å². The Labute approximate surface area is 144 Å². The Morgan fingerprint density at radius 1 is 1.17 bits per heavy atom. The van der Waals surface area contributed by atoms with Crippen LogP contribution in [0.15, 0.2) is 53.5 Å². The fourth-order valence-corrected chi connectivity index (χ4v) is 3.10. The van der Waals surface area contributed by atoms with Crippen molar-refractivity contribution >= 4 is 5.96 Å². The highest BCUT2D eigenvalue weighted by Crippen LogP contribution is 2.42. The number of para-hydroxylation sites is 1. The molecule has 2 atom stereocenters. The highest BCUT2D eigenvalue weighted by atomic mass is 16.5. The van der Waals surface area contributed by atoms with Gasteiger partial charge in [-0.25, -0.2) is 0 Å². The van der Waals surface area contributed by atoms with Crippen LogP contribution >= 0.6 is 0 Å². The number of nitrogens with one attached hydrogen (secondary N) is 2. The molecule has 2 unspecified atom stereocenters. The number of aliphatic imine (C=N–C) groups is 1. The van der Waals surface area contributed by atoms with Crippen molar-refractivity contribution in [2.45, 2.75) is 31.8 Å². The van der Waals surface area contributed by atoms with Gasteiger partial charge < -0.3 is 15.4 Å². The minimum Gasteiger partial charge on any atom is -0.496 e. The molecule has 0 aliphatic heterocycles. The van der Waals surface area contributed by atoms with Gasteiger partial charge in [-0.15, -0.1) is 0 Å². The van der Waals surface area contributed by atoms with Gasteiger partial charge in [0.25, 0.3) is 0 Å². The highest BCUT2D eigenvalue weighted by Gasteiger charge is 2.39. The van der Waals surface area contributed by atoms with E-state index in [2.05, 4.69) is 52.9 Å². The quantitative estimate of drug-likeness (QED) is 0.656. The molecule has 0 aromatic heterocycles. The molecular formula is C20H25N3O. The Morgan fingerprint density at radius 2 is 1.92 bits per heavy atom. The molecule has 0 heterocycles. The maximum Gasteiger partial charge on any atom is 0.191 e. The molecule has 0 saturated heterocycles. The van der Waals surface area contributed by atoms with E-state index in [1.54, 1.807) is 7.11 Å². The number of aryl methyl sites for hydroxylation is 1. The molecule has 2 aromatic carbocycles. The van der Waals surface area contributed by atoms with E-state index in [4.69, 9.17) is 4.74 Å². The van der Waals surface area contributed by atoms with Crippen molar-refractivity contribution in [3.63, 3.8) is 0 Å². The summed E-state index contributed by atoms with van der Waals surface area (Å²) in [6.07, 6.45) is 1.15. The molecule has 2 aromatic rings. The average molecular weight is 323 g/mol. The largest absolute Gasteiger partial charge is 0.496 e. The SMILES string of the molecule is CN=C(NCc1ccccc1OC)NC1CC1c1ccccc1C. The summed E-state index contributed by atoms with van der Waals surface area (Å²) in [5.74, 6) is 2.31. The van der Waals surface area contributed by atoms with E-state index >= 15 is 0 Å². The van der Waals surface area contributed by atoms with Crippen LogP contribution in [0.5, 0.6) is 5.75 Å². The zero-order chi connectivity index (χ0) is 16.9. The zero-order valence-electron chi connectivity index (χ0n) is 14.5. The molecule has 0 radical (unpaired) electrons. The standard InChI is InChI=1S/C20H25N3O/c1-14-8-4-6-10-16(14)17-12-18(17)23-20(21-2)22-13-15-9-5-7-11-19(15)24-3/h4-11,17-18H,12-13H2,1-3H3,(H2,21,22,23). The normalized spacial score (nSPS) is 19.7. The van der Waals surface area contributed by atoms with Gasteiger partial charge in [0.05, 0.1) is 7.11 Å². The fourth-order valence-electron chi connectivity index (χ4n) is 3.10. The van der Waals surface area contributed by atoms with E-state index in [9.17, 15) is 0 Å². The maximum absolute atomic E-state index is 5.39. The molecule has 0 bridgehead atoms. The monoisotopic (exact) mass is 323 g/mol. The summed E-state index contributed by atoms with van der Waals surface area (Å²) < 4.78 is 5.39. The maximum atomic E-state index is 5.39. The minimum absolute atomic E-state index is 0.454. The number of guanidine groups is 1. The molecule has 3 rings (SSSR count). The van der Waals surface area contributed by atoms with Crippen LogP contribution in [0.1, 0.15) is 29.0 Å². The summed E-state index contributed by atoms with van der Waals surface area (Å²) >= 11 is 0. The van der Waals surface area contributed by atoms with E-state index in [0.717, 1.165) is 23.7 Å². The van der Waals surface area contributed by atoms with Crippen LogP contribution < -0.4 is 15.4 Å². The molecule has 126 valence electrons. The molecule has 0 spiro atoms. The zero-order valence-corrected chi connectivity index (χ0v) is 14.5. The summed E-state index contributed by atoms with van der Waals surface area (Å²) in [6, 6.07) is 17.1. The van der Waals surface area contributed by atoms with Crippen LogP contribution in [0.25, 0.3) is 0 Å². The van der Waals surface area contributed by atoms with Crippen molar-refractivity contribution in [1.29, 1.82) is 0 Å². The smallest absolute Gasteiger partial charge is 0.191 e. The van der Waals surface area contributed by atoms with Crippen LogP contribution in [-0.4, -0.2) is 26.2 Å². The van der Waals surface area contributed by atoms with Crippen molar-refractivity contribution in [2.75, 3.05) is 14.2 Å². The summed E-state index contributed by atoms with van der Waals surface area (Å²) in [5, 5.41) is 6.90. The first-order valence-corrected chi connectivity index (χ1v) is 8.37. The van der Waals surface area contributed by atoms with E-state index in [-0.39, 0.29) is 0 Å². The van der Waals surface area contributed by atoms with Gasteiger partial charge in [0, 0.05) is 31.1 Å². The Kier molecular flexibility index (Phi) is 5.04. The van der Waals surface area contributed by atoms with Crippen molar-refractivity contribution in [3.05, 3.63) is 65.2 Å². The van der Waals surface area contributed by atoms with Gasteiger partial charge in [0.15, 0.2) is 5.96 Å². The van der Waals surface area contributed by atoms with Gasteiger partial charge in [-0.1, -0.05) is 42.5 Å². The van der Waals surface area contributed by atoms with Crippen LogP contribution in [-0.2, 0) is 6.54 Å². The predicted octanol–water partition coefficient (Wildman–Crippen LogP) is 3.22. The fraction of sp³-hybridized carbons (Fsp3) is 0.350. The van der Waals surface area contributed by atoms with E-state index < -0.39 is 0 Å². The Hall–Kier alpha value is -2.49. The van der Waals surface area contributed by atoms with Crippen LogP contribution in [0.2, 0.25) is 0 Å². The second-order valence-electron chi connectivity index (χ2n) is 6.19. The molecule has 1 fully saturated rings. The summed E-state index contributed by atoms with van der Waals surface area (Å²) in [5.41, 5.74) is 3.92. The predicted molar refractivity (Wildman–Crippen MR) is 98.7 cm³/mol. The molecule has 0 amide bonds. The van der Waals surface area contributed by atoms with E-state index in [0.29, 0.717) is 18.5 Å². The highest BCUT2D eigenvalue weighted by molar-refractivity contribution is 5.80. The van der Waals surface area contributed by atoms with Gasteiger partial charge in [-0.05, 0) is 30.5 Å². The Balaban J connectivity index is 1.56. The molecule has 4 nitrogen and oxygen atoms in total. The summed E-state index contributed by atoms with van der Waals surface area (Å²) in [4.78, 5) is 4.34. The number of methoxy groups -OCH3 is 1. The lowest BCUT2D eigenvalue weighted by Gasteiger charge is -2.14. The summed E-state index contributed by atoms with van der Waals surface area (Å²) in [7, 11) is 3.51. The third-order valence-corrected chi connectivity index (χ3v) is 4.56. The first kappa shape index (κ1) is 16.4. The van der Waals surface area contributed by atoms with Crippen LogP contribution in [0.3, 0.4) is 0 Å². The molecule has 2 N–H and O–H groups in total. The lowest BCUT2D eigenvalue weighted by Crippen LogP contribution is -2.38. The van der Waals surface area contributed by atoms with Crippen molar-refractivity contribution in [3.8, 4) is 5.75 Å². The topological polar surface area (TPSA) is 45.7 Å². The average Bonchev–Trinajstić information content (AvgIpc) is 3.38. The van der Waals surface area contributed by atoms with Crippen LogP contribution in [0, 0.1) is 6.92 Å². The summed E-state index contributed by atoms with van der Waals surface area (Å²) in [6.45, 7) is 2.87. The molecular weight excluding hydrogens is 298 g/mol. The van der Waals surface area contributed by atoms with E-state index in [1.165, 1.54) is 11.1 Å². The second-order valence-corrected chi connectivity index (χ2v) is 6.19. The van der Waals surface area contributed by atoms with Gasteiger partial charge in [-0.2, -0.15) is 0 Å². The number of rotatable bonds is 5. The van der Waals surface area contributed by atoms with Crippen molar-refractivity contribution in [1.82, 2.24) is 10.6 Å². The number of benzene rings is 2.